The molecule has 0 aliphatic heterocycles. The zero-order chi connectivity index (χ0) is 8.72. The second-order valence-corrected chi connectivity index (χ2v) is 2.96. The smallest absolute Gasteiger partial charge is 0.133 e. The number of benzene rings is 1. The molecule has 2 rings (SSSR count). The van der Waals surface area contributed by atoms with Gasteiger partial charge in [0.15, 0.2) is 0 Å². The molecule has 62 valence electrons. The fraction of sp³-hybridized carbons (Fsp3) is 0.222. The molecule has 12 heavy (non-hydrogen) atoms. The molecule has 3 heteroatoms. The maximum absolute atomic E-state index is 9.37. The van der Waals surface area contributed by atoms with E-state index in [0.717, 1.165) is 21.3 Å². The van der Waals surface area contributed by atoms with Gasteiger partial charge in [-0.1, -0.05) is 6.07 Å². The lowest BCUT2D eigenvalue weighted by atomic mass is 10.1. The Bertz CT molecular complexity index is 431. The van der Waals surface area contributed by atoms with Gasteiger partial charge < -0.3 is 5.21 Å². The van der Waals surface area contributed by atoms with Gasteiger partial charge in [-0.2, -0.15) is 4.73 Å². The third kappa shape index (κ3) is 0.794. The summed E-state index contributed by atoms with van der Waals surface area (Å²) in [4.78, 5) is 4.03. The Balaban J connectivity index is 2.96. The largest absolute Gasteiger partial charge is 0.427 e. The van der Waals surface area contributed by atoms with Gasteiger partial charge in [-0.05, 0) is 31.0 Å². The molecule has 0 saturated heterocycles. The van der Waals surface area contributed by atoms with Crippen LogP contribution in [0.2, 0.25) is 0 Å². The van der Waals surface area contributed by atoms with Gasteiger partial charge in [0.05, 0.1) is 5.52 Å². The highest BCUT2D eigenvalue weighted by molar-refractivity contribution is 5.79. The van der Waals surface area contributed by atoms with E-state index in [0.29, 0.717) is 0 Å². The zero-order valence-electron chi connectivity index (χ0n) is 7.07. The van der Waals surface area contributed by atoms with Crippen molar-refractivity contribution < 1.29 is 5.21 Å². The van der Waals surface area contributed by atoms with E-state index in [4.69, 9.17) is 0 Å². The summed E-state index contributed by atoms with van der Waals surface area (Å²) in [6, 6.07) is 3.91. The zero-order valence-corrected chi connectivity index (χ0v) is 7.07. The molecule has 1 heterocycles. The van der Waals surface area contributed by atoms with Crippen LogP contribution in [0.1, 0.15) is 11.1 Å². The standard InChI is InChI=1S/C9H10N2O/c1-6-3-4-8-9(7(6)2)11(12)5-10-8/h3-5,12H,1-2H3. The highest BCUT2D eigenvalue weighted by atomic mass is 16.5. The second-order valence-electron chi connectivity index (χ2n) is 2.96. The Morgan fingerprint density at radius 3 is 2.83 bits per heavy atom. The molecule has 1 aromatic heterocycles. The minimum absolute atomic E-state index is 0.801. The van der Waals surface area contributed by atoms with Crippen molar-refractivity contribution in [3.8, 4) is 0 Å². The molecule has 0 saturated carbocycles. The number of rotatable bonds is 0. The average Bonchev–Trinajstić information content (AvgIpc) is 2.41. The second kappa shape index (κ2) is 2.24. The first kappa shape index (κ1) is 7.16. The van der Waals surface area contributed by atoms with E-state index in [1.807, 2.05) is 26.0 Å². The van der Waals surface area contributed by atoms with Crippen LogP contribution in [0, 0.1) is 13.8 Å². The molecular weight excluding hydrogens is 152 g/mol. The lowest BCUT2D eigenvalue weighted by Crippen LogP contribution is -1.90. The normalized spacial score (nSPS) is 10.8. The highest BCUT2D eigenvalue weighted by Crippen LogP contribution is 2.18. The molecule has 0 fully saturated rings. The van der Waals surface area contributed by atoms with Crippen LogP contribution in [0.15, 0.2) is 18.5 Å². The molecule has 2 aromatic rings. The molecular formula is C9H10N2O. The van der Waals surface area contributed by atoms with Gasteiger partial charge in [0, 0.05) is 0 Å². The number of imidazole rings is 1. The summed E-state index contributed by atoms with van der Waals surface area (Å²) in [5.41, 5.74) is 3.88. The average molecular weight is 162 g/mol. The highest BCUT2D eigenvalue weighted by Gasteiger charge is 2.05. The third-order valence-electron chi connectivity index (χ3n) is 2.22. The van der Waals surface area contributed by atoms with E-state index in [9.17, 15) is 5.21 Å². The minimum Gasteiger partial charge on any atom is -0.427 e. The molecule has 1 N–H and O–H groups in total. The number of aryl methyl sites for hydroxylation is 2. The van der Waals surface area contributed by atoms with Gasteiger partial charge in [0.2, 0.25) is 0 Å². The van der Waals surface area contributed by atoms with E-state index in [1.54, 1.807) is 0 Å². The van der Waals surface area contributed by atoms with E-state index in [2.05, 4.69) is 4.98 Å². The molecule has 0 radical (unpaired) electrons. The van der Waals surface area contributed by atoms with Crippen molar-refractivity contribution in [1.29, 1.82) is 0 Å². The number of aromatic nitrogens is 2. The van der Waals surface area contributed by atoms with Gasteiger partial charge in [-0.3, -0.25) is 0 Å². The van der Waals surface area contributed by atoms with Crippen LogP contribution >= 0.6 is 0 Å². The summed E-state index contributed by atoms with van der Waals surface area (Å²) in [5.74, 6) is 0. The fourth-order valence-electron chi connectivity index (χ4n) is 1.35. The van der Waals surface area contributed by atoms with Crippen LogP contribution in [0.3, 0.4) is 0 Å². The molecule has 0 spiro atoms. The Hall–Kier alpha value is -1.51. The Kier molecular flexibility index (Phi) is 1.33. The first-order valence-electron chi connectivity index (χ1n) is 3.82. The molecule has 3 nitrogen and oxygen atoms in total. The third-order valence-corrected chi connectivity index (χ3v) is 2.22. The van der Waals surface area contributed by atoms with Gasteiger partial charge in [0.25, 0.3) is 0 Å². The topological polar surface area (TPSA) is 38.0 Å². The number of hydrogen-bond acceptors (Lipinski definition) is 2. The summed E-state index contributed by atoms with van der Waals surface area (Å²) >= 11 is 0. The van der Waals surface area contributed by atoms with Gasteiger partial charge in [-0.15, -0.1) is 0 Å². The fourth-order valence-corrected chi connectivity index (χ4v) is 1.35. The summed E-state index contributed by atoms with van der Waals surface area (Å²) in [5, 5.41) is 9.37. The first-order valence-corrected chi connectivity index (χ1v) is 3.82. The summed E-state index contributed by atoms with van der Waals surface area (Å²) in [7, 11) is 0. The predicted molar refractivity (Wildman–Crippen MR) is 46.4 cm³/mol. The van der Waals surface area contributed by atoms with Crippen molar-refractivity contribution in [1.82, 2.24) is 9.71 Å². The van der Waals surface area contributed by atoms with E-state index >= 15 is 0 Å². The van der Waals surface area contributed by atoms with Crippen molar-refractivity contribution in [2.24, 2.45) is 0 Å². The van der Waals surface area contributed by atoms with Crippen LogP contribution in [-0.2, 0) is 0 Å². The maximum Gasteiger partial charge on any atom is 0.133 e. The van der Waals surface area contributed by atoms with Crippen molar-refractivity contribution in [3.63, 3.8) is 0 Å². The molecule has 0 atom stereocenters. The lowest BCUT2D eigenvalue weighted by molar-refractivity contribution is 0.197. The SMILES string of the molecule is Cc1ccc2ncn(O)c2c1C. The monoisotopic (exact) mass is 162 g/mol. The lowest BCUT2D eigenvalue weighted by Gasteiger charge is -2.01. The molecule has 0 bridgehead atoms. The van der Waals surface area contributed by atoms with Crippen LogP contribution in [0.4, 0.5) is 0 Å². The maximum atomic E-state index is 9.37. The van der Waals surface area contributed by atoms with Crippen LogP contribution in [-0.4, -0.2) is 14.9 Å². The molecule has 1 aromatic carbocycles. The van der Waals surface area contributed by atoms with E-state index in [-0.39, 0.29) is 0 Å². The van der Waals surface area contributed by atoms with E-state index in [1.165, 1.54) is 11.9 Å². The number of fused-ring (bicyclic) bond motifs is 1. The van der Waals surface area contributed by atoms with Crippen LogP contribution in [0.25, 0.3) is 11.0 Å². The molecule has 0 aliphatic rings. The minimum atomic E-state index is 0.801. The summed E-state index contributed by atoms with van der Waals surface area (Å²) < 4.78 is 1.07. The Morgan fingerprint density at radius 1 is 1.33 bits per heavy atom. The summed E-state index contributed by atoms with van der Waals surface area (Å²) in [6.07, 6.45) is 1.41. The van der Waals surface area contributed by atoms with Gasteiger partial charge in [-0.25, -0.2) is 4.98 Å². The van der Waals surface area contributed by atoms with E-state index < -0.39 is 0 Å². The quantitative estimate of drug-likeness (QED) is 0.601. The van der Waals surface area contributed by atoms with Crippen molar-refractivity contribution in [3.05, 3.63) is 29.6 Å². The van der Waals surface area contributed by atoms with Crippen molar-refractivity contribution >= 4 is 11.0 Å². The van der Waals surface area contributed by atoms with Gasteiger partial charge in [0.1, 0.15) is 11.8 Å². The number of nitrogens with zero attached hydrogens (tertiary/aromatic N) is 2. The molecule has 0 aliphatic carbocycles. The van der Waals surface area contributed by atoms with Crippen LogP contribution < -0.4 is 0 Å². The Labute approximate surface area is 70.2 Å². The predicted octanol–water partition coefficient (Wildman–Crippen LogP) is 1.89. The molecule has 0 unspecified atom stereocenters. The van der Waals surface area contributed by atoms with Crippen molar-refractivity contribution in [2.75, 3.05) is 0 Å². The van der Waals surface area contributed by atoms with Crippen LogP contribution in [0.5, 0.6) is 0 Å². The Morgan fingerprint density at radius 2 is 2.08 bits per heavy atom. The first-order chi connectivity index (χ1) is 5.70. The van der Waals surface area contributed by atoms with Gasteiger partial charge >= 0.3 is 0 Å². The summed E-state index contributed by atoms with van der Waals surface area (Å²) in [6.45, 7) is 3.99. The number of hydrogen-bond donors (Lipinski definition) is 1. The van der Waals surface area contributed by atoms with Crippen molar-refractivity contribution in [2.45, 2.75) is 13.8 Å². The molecule has 0 amide bonds.